The molecule has 0 saturated heterocycles. The Morgan fingerprint density at radius 2 is 2.00 bits per heavy atom. The largest absolute Gasteiger partial charge is 0.207 e. The zero-order valence-corrected chi connectivity index (χ0v) is 6.11. The third-order valence-corrected chi connectivity index (χ3v) is 1.48. The van der Waals surface area contributed by atoms with Gasteiger partial charge in [-0.15, -0.1) is 11.6 Å². The first kappa shape index (κ1) is 7.55. The lowest BCUT2D eigenvalue weighted by Crippen LogP contribution is -1.88. The highest BCUT2D eigenvalue weighted by molar-refractivity contribution is 6.21. The fourth-order valence-corrected chi connectivity index (χ4v) is 0.906. The Kier molecular flexibility index (Phi) is 2.28. The van der Waals surface area contributed by atoms with Gasteiger partial charge in [-0.2, -0.15) is 0 Å². The summed E-state index contributed by atoms with van der Waals surface area (Å²) in [6.07, 6.45) is 0. The Morgan fingerprint density at radius 1 is 1.40 bits per heavy atom. The van der Waals surface area contributed by atoms with Crippen molar-refractivity contribution in [1.82, 2.24) is 0 Å². The number of hydrogen-bond acceptors (Lipinski definition) is 0. The van der Waals surface area contributed by atoms with E-state index < -0.39 is 5.38 Å². The van der Waals surface area contributed by atoms with Gasteiger partial charge in [-0.25, -0.2) is 4.39 Å². The van der Waals surface area contributed by atoms with E-state index in [0.717, 1.165) is 0 Å². The average molecular weight is 158 g/mol. The second kappa shape index (κ2) is 3.02. The van der Waals surface area contributed by atoms with Gasteiger partial charge in [0.05, 0.1) is 5.38 Å². The molecule has 0 N–H and O–H groups in total. The van der Waals surface area contributed by atoms with E-state index in [4.69, 9.17) is 11.6 Å². The summed E-state index contributed by atoms with van der Waals surface area (Å²) in [6, 6.07) is 6.35. The summed E-state index contributed by atoms with van der Waals surface area (Å²) in [5, 5.41) is -0.499. The third kappa shape index (κ3) is 1.48. The molecule has 0 aromatic heterocycles. The smallest absolute Gasteiger partial charge is 0.127 e. The van der Waals surface area contributed by atoms with E-state index in [1.165, 1.54) is 6.07 Å². The van der Waals surface area contributed by atoms with Gasteiger partial charge >= 0.3 is 0 Å². The monoisotopic (exact) mass is 157 g/mol. The van der Waals surface area contributed by atoms with Crippen LogP contribution in [0, 0.1) is 12.7 Å². The maximum absolute atomic E-state index is 12.7. The summed E-state index contributed by atoms with van der Waals surface area (Å²) in [7, 11) is 0. The van der Waals surface area contributed by atoms with Crippen LogP contribution >= 0.6 is 11.6 Å². The molecule has 1 unspecified atom stereocenters. The maximum Gasteiger partial charge on any atom is 0.127 e. The molecule has 0 heterocycles. The molecule has 0 amide bonds. The van der Waals surface area contributed by atoms with E-state index in [2.05, 4.69) is 6.92 Å². The topological polar surface area (TPSA) is 0 Å². The van der Waals surface area contributed by atoms with Crippen molar-refractivity contribution in [3.8, 4) is 0 Å². The van der Waals surface area contributed by atoms with Crippen molar-refractivity contribution in [2.75, 3.05) is 0 Å². The van der Waals surface area contributed by atoms with Crippen LogP contribution in [-0.4, -0.2) is 0 Å². The highest BCUT2D eigenvalue weighted by Gasteiger charge is 2.04. The lowest BCUT2D eigenvalue weighted by Gasteiger charge is -2.02. The first-order chi connectivity index (χ1) is 4.72. The molecule has 1 aromatic carbocycles. The Balaban J connectivity index is 3.03. The Labute approximate surface area is 64.6 Å². The van der Waals surface area contributed by atoms with E-state index in [1.807, 2.05) is 0 Å². The first-order valence-corrected chi connectivity index (χ1v) is 3.37. The van der Waals surface area contributed by atoms with Crippen LogP contribution in [0.2, 0.25) is 0 Å². The summed E-state index contributed by atoms with van der Waals surface area (Å²) in [6.45, 7) is 3.49. The highest BCUT2D eigenvalue weighted by Crippen LogP contribution is 2.20. The zero-order chi connectivity index (χ0) is 7.56. The predicted octanol–water partition coefficient (Wildman–Crippen LogP) is 2.94. The van der Waals surface area contributed by atoms with Crippen LogP contribution in [0.15, 0.2) is 24.3 Å². The summed E-state index contributed by atoms with van der Waals surface area (Å²) in [4.78, 5) is 0. The fourth-order valence-electron chi connectivity index (χ4n) is 0.729. The van der Waals surface area contributed by atoms with Crippen LogP contribution < -0.4 is 0 Å². The standard InChI is InChI=1S/C8H7ClF/c1-6(9)7-4-2-3-5-8(7)10/h2-6H,1H2. The molecule has 2 heteroatoms. The van der Waals surface area contributed by atoms with Gasteiger partial charge in [-0.05, 0) is 13.0 Å². The molecule has 0 spiro atoms. The molecule has 0 aliphatic carbocycles. The van der Waals surface area contributed by atoms with Crippen LogP contribution in [0.25, 0.3) is 0 Å². The van der Waals surface area contributed by atoms with Gasteiger partial charge in [0.15, 0.2) is 0 Å². The molecule has 0 fully saturated rings. The maximum atomic E-state index is 12.7. The highest BCUT2D eigenvalue weighted by atomic mass is 35.5. The molecule has 0 nitrogen and oxygen atoms in total. The Morgan fingerprint density at radius 3 is 2.40 bits per heavy atom. The quantitative estimate of drug-likeness (QED) is 0.550. The fraction of sp³-hybridized carbons (Fsp3) is 0.125. The van der Waals surface area contributed by atoms with Crippen LogP contribution in [0.3, 0.4) is 0 Å². The first-order valence-electron chi connectivity index (χ1n) is 2.93. The van der Waals surface area contributed by atoms with Gasteiger partial charge in [-0.3, -0.25) is 0 Å². The number of alkyl halides is 1. The minimum Gasteiger partial charge on any atom is -0.207 e. The predicted molar refractivity (Wildman–Crippen MR) is 40.4 cm³/mol. The van der Waals surface area contributed by atoms with Gasteiger partial charge in [0.1, 0.15) is 5.82 Å². The Bertz CT molecular complexity index is 220. The van der Waals surface area contributed by atoms with Crippen LogP contribution in [0.1, 0.15) is 10.9 Å². The van der Waals surface area contributed by atoms with Crippen molar-refractivity contribution < 1.29 is 4.39 Å². The third-order valence-electron chi connectivity index (χ3n) is 1.24. The summed E-state index contributed by atoms with van der Waals surface area (Å²) in [5.41, 5.74) is 0.448. The summed E-state index contributed by atoms with van der Waals surface area (Å²) in [5.74, 6) is -0.294. The second-order valence-electron chi connectivity index (χ2n) is 1.99. The molecular weight excluding hydrogens is 151 g/mol. The van der Waals surface area contributed by atoms with Crippen molar-refractivity contribution in [3.05, 3.63) is 42.6 Å². The average Bonchev–Trinajstić information content (AvgIpc) is 1.88. The van der Waals surface area contributed by atoms with Crippen LogP contribution in [0.4, 0.5) is 4.39 Å². The zero-order valence-electron chi connectivity index (χ0n) is 5.35. The molecule has 0 bridgehead atoms. The molecule has 1 aromatic rings. The number of halogens is 2. The van der Waals surface area contributed by atoms with Crippen molar-refractivity contribution in [3.63, 3.8) is 0 Å². The number of benzene rings is 1. The van der Waals surface area contributed by atoms with Crippen LogP contribution in [-0.2, 0) is 0 Å². The van der Waals surface area contributed by atoms with E-state index in [0.29, 0.717) is 5.56 Å². The van der Waals surface area contributed by atoms with E-state index in [9.17, 15) is 4.39 Å². The van der Waals surface area contributed by atoms with Gasteiger partial charge in [0, 0.05) is 5.56 Å². The van der Waals surface area contributed by atoms with Crippen molar-refractivity contribution in [2.45, 2.75) is 5.38 Å². The number of hydrogen-bond donors (Lipinski definition) is 0. The Hall–Kier alpha value is -0.560. The summed E-state index contributed by atoms with van der Waals surface area (Å²) >= 11 is 5.56. The van der Waals surface area contributed by atoms with E-state index >= 15 is 0 Å². The van der Waals surface area contributed by atoms with Gasteiger partial charge in [0.25, 0.3) is 0 Å². The van der Waals surface area contributed by atoms with E-state index in [1.54, 1.807) is 18.2 Å². The minimum atomic E-state index is -0.499. The van der Waals surface area contributed by atoms with Gasteiger partial charge < -0.3 is 0 Å². The minimum absolute atomic E-state index is 0.294. The van der Waals surface area contributed by atoms with Crippen molar-refractivity contribution >= 4 is 11.6 Å². The van der Waals surface area contributed by atoms with Crippen LogP contribution in [0.5, 0.6) is 0 Å². The molecule has 10 heavy (non-hydrogen) atoms. The molecular formula is C8H7ClF. The molecule has 0 aliphatic rings. The lowest BCUT2D eigenvalue weighted by molar-refractivity contribution is 0.613. The van der Waals surface area contributed by atoms with Gasteiger partial charge in [0.2, 0.25) is 0 Å². The molecule has 1 radical (unpaired) electrons. The molecule has 1 atom stereocenters. The second-order valence-corrected chi connectivity index (χ2v) is 2.52. The lowest BCUT2D eigenvalue weighted by atomic mass is 10.1. The molecule has 1 rings (SSSR count). The summed E-state index contributed by atoms with van der Waals surface area (Å²) < 4.78 is 12.7. The normalized spacial score (nSPS) is 13.1. The van der Waals surface area contributed by atoms with Gasteiger partial charge in [-0.1, -0.05) is 18.2 Å². The molecule has 0 aliphatic heterocycles. The SMILES string of the molecule is [CH2]C(Cl)c1ccccc1F. The molecule has 53 valence electrons. The van der Waals surface area contributed by atoms with Crippen molar-refractivity contribution in [1.29, 1.82) is 0 Å². The number of rotatable bonds is 1. The van der Waals surface area contributed by atoms with Crippen molar-refractivity contribution in [2.24, 2.45) is 0 Å². The molecule has 0 saturated carbocycles. The van der Waals surface area contributed by atoms with E-state index in [-0.39, 0.29) is 5.82 Å².